The SMILES string of the molecule is CCOC(=O)CN=Cc1ccccc1/C=N/NC(=O)OCC. The van der Waals surface area contributed by atoms with E-state index in [4.69, 9.17) is 4.74 Å². The van der Waals surface area contributed by atoms with Crippen molar-refractivity contribution in [3.05, 3.63) is 35.4 Å². The van der Waals surface area contributed by atoms with E-state index in [1.807, 2.05) is 24.3 Å². The molecule has 0 radical (unpaired) electrons. The van der Waals surface area contributed by atoms with Crippen molar-refractivity contribution >= 4 is 24.5 Å². The van der Waals surface area contributed by atoms with Crippen LogP contribution in [0.15, 0.2) is 34.4 Å². The smallest absolute Gasteiger partial charge is 0.427 e. The standard InChI is InChI=1S/C15H19N3O4/c1-3-21-14(19)11-16-9-12-7-5-6-8-13(12)10-17-18-15(20)22-4-2/h5-10H,3-4,11H2,1-2H3,(H,18,20)/b16-9?,17-10+. The molecule has 7 heteroatoms. The number of aliphatic imine (C=N–C) groups is 1. The van der Waals surface area contributed by atoms with Crippen LogP contribution in [0, 0.1) is 0 Å². The van der Waals surface area contributed by atoms with Gasteiger partial charge in [-0.15, -0.1) is 0 Å². The van der Waals surface area contributed by atoms with Gasteiger partial charge in [0.15, 0.2) is 0 Å². The molecule has 0 saturated carbocycles. The summed E-state index contributed by atoms with van der Waals surface area (Å²) in [7, 11) is 0. The minimum absolute atomic E-state index is 0.0413. The average molecular weight is 305 g/mol. The fraction of sp³-hybridized carbons (Fsp3) is 0.333. The third-order valence-electron chi connectivity index (χ3n) is 2.39. The lowest BCUT2D eigenvalue weighted by Gasteiger charge is -2.01. The highest BCUT2D eigenvalue weighted by molar-refractivity contribution is 5.94. The van der Waals surface area contributed by atoms with Gasteiger partial charge < -0.3 is 9.47 Å². The second-order valence-corrected chi connectivity index (χ2v) is 3.99. The topological polar surface area (TPSA) is 89.4 Å². The Labute approximate surface area is 129 Å². The van der Waals surface area contributed by atoms with Gasteiger partial charge in [0.25, 0.3) is 0 Å². The lowest BCUT2D eigenvalue weighted by molar-refractivity contribution is -0.141. The molecule has 1 N–H and O–H groups in total. The molecule has 1 rings (SSSR count). The number of hydrogen-bond donors (Lipinski definition) is 1. The summed E-state index contributed by atoms with van der Waals surface area (Å²) in [6.07, 6.45) is 2.41. The Kier molecular flexibility index (Phi) is 7.96. The highest BCUT2D eigenvalue weighted by atomic mass is 16.5. The normalized spacial score (nSPS) is 10.8. The highest BCUT2D eigenvalue weighted by Crippen LogP contribution is 2.03. The van der Waals surface area contributed by atoms with E-state index >= 15 is 0 Å². The van der Waals surface area contributed by atoms with Gasteiger partial charge in [0.2, 0.25) is 0 Å². The van der Waals surface area contributed by atoms with Crippen LogP contribution in [0.5, 0.6) is 0 Å². The molecular weight excluding hydrogens is 286 g/mol. The van der Waals surface area contributed by atoms with Crippen LogP contribution < -0.4 is 5.43 Å². The Morgan fingerprint density at radius 3 is 2.36 bits per heavy atom. The number of benzene rings is 1. The van der Waals surface area contributed by atoms with Crippen molar-refractivity contribution in [1.82, 2.24) is 5.43 Å². The van der Waals surface area contributed by atoms with E-state index in [2.05, 4.69) is 20.3 Å². The first kappa shape index (κ1) is 17.4. The third-order valence-corrected chi connectivity index (χ3v) is 2.39. The van der Waals surface area contributed by atoms with E-state index in [0.29, 0.717) is 6.61 Å². The van der Waals surface area contributed by atoms with Crippen molar-refractivity contribution in [3.63, 3.8) is 0 Å². The van der Waals surface area contributed by atoms with Gasteiger partial charge in [0.05, 0.1) is 19.4 Å². The van der Waals surface area contributed by atoms with Crippen LogP contribution in [-0.4, -0.2) is 44.3 Å². The maximum absolute atomic E-state index is 11.2. The number of hydrazone groups is 1. The lowest BCUT2D eigenvalue weighted by Crippen LogP contribution is -2.18. The van der Waals surface area contributed by atoms with Crippen LogP contribution in [-0.2, 0) is 14.3 Å². The number of ether oxygens (including phenoxy) is 2. The molecule has 0 aliphatic carbocycles. The monoisotopic (exact) mass is 305 g/mol. The predicted molar refractivity (Wildman–Crippen MR) is 83.3 cm³/mol. The zero-order valence-electron chi connectivity index (χ0n) is 12.6. The van der Waals surface area contributed by atoms with Crippen molar-refractivity contribution in [1.29, 1.82) is 0 Å². The summed E-state index contributed by atoms with van der Waals surface area (Å²) >= 11 is 0. The Hall–Kier alpha value is -2.70. The van der Waals surface area contributed by atoms with Crippen molar-refractivity contribution in [2.24, 2.45) is 10.1 Å². The van der Waals surface area contributed by atoms with Gasteiger partial charge in [-0.1, -0.05) is 24.3 Å². The molecule has 0 unspecified atom stereocenters. The fourth-order valence-corrected chi connectivity index (χ4v) is 1.49. The molecule has 0 bridgehead atoms. The first-order valence-corrected chi connectivity index (χ1v) is 6.87. The molecule has 7 nitrogen and oxygen atoms in total. The second-order valence-electron chi connectivity index (χ2n) is 3.99. The van der Waals surface area contributed by atoms with E-state index in [1.54, 1.807) is 20.1 Å². The van der Waals surface area contributed by atoms with Crippen LogP contribution in [0.1, 0.15) is 25.0 Å². The molecule has 0 aliphatic rings. The van der Waals surface area contributed by atoms with Gasteiger partial charge in [-0.2, -0.15) is 5.10 Å². The predicted octanol–water partition coefficient (Wildman–Crippen LogP) is 1.75. The minimum atomic E-state index is -0.618. The Balaban J connectivity index is 2.65. The zero-order chi connectivity index (χ0) is 16.2. The van der Waals surface area contributed by atoms with Crippen molar-refractivity contribution in [2.45, 2.75) is 13.8 Å². The zero-order valence-corrected chi connectivity index (χ0v) is 12.6. The Morgan fingerprint density at radius 2 is 1.73 bits per heavy atom. The molecule has 0 aliphatic heterocycles. The number of amides is 1. The van der Waals surface area contributed by atoms with E-state index in [-0.39, 0.29) is 19.1 Å². The molecule has 0 aromatic heterocycles. The van der Waals surface area contributed by atoms with E-state index in [9.17, 15) is 9.59 Å². The van der Waals surface area contributed by atoms with Gasteiger partial charge in [-0.25, -0.2) is 10.2 Å². The number of carbonyl (C=O) groups excluding carboxylic acids is 2. The number of esters is 1. The van der Waals surface area contributed by atoms with Gasteiger partial charge >= 0.3 is 12.1 Å². The molecule has 1 aromatic rings. The molecule has 0 saturated heterocycles. The third kappa shape index (κ3) is 6.65. The number of rotatable bonds is 7. The van der Waals surface area contributed by atoms with Crippen LogP contribution in [0.3, 0.4) is 0 Å². The van der Waals surface area contributed by atoms with Crippen LogP contribution in [0.25, 0.3) is 0 Å². The molecule has 118 valence electrons. The summed E-state index contributed by atoms with van der Waals surface area (Å²) in [6, 6.07) is 7.29. The summed E-state index contributed by atoms with van der Waals surface area (Å²) in [5, 5.41) is 3.79. The summed E-state index contributed by atoms with van der Waals surface area (Å²) in [5.41, 5.74) is 3.75. The van der Waals surface area contributed by atoms with Crippen molar-refractivity contribution < 1.29 is 19.1 Å². The van der Waals surface area contributed by atoms with E-state index < -0.39 is 6.09 Å². The molecule has 0 fully saturated rings. The highest BCUT2D eigenvalue weighted by Gasteiger charge is 2.00. The Morgan fingerprint density at radius 1 is 1.09 bits per heavy atom. The quantitative estimate of drug-likeness (QED) is 0.472. The number of nitrogens with one attached hydrogen (secondary N) is 1. The van der Waals surface area contributed by atoms with Gasteiger partial charge in [-0.3, -0.25) is 9.79 Å². The van der Waals surface area contributed by atoms with Gasteiger partial charge in [-0.05, 0) is 13.8 Å². The summed E-state index contributed by atoms with van der Waals surface area (Å²) in [5.74, 6) is -0.381. The van der Waals surface area contributed by atoms with Crippen LogP contribution >= 0.6 is 0 Å². The molecule has 0 spiro atoms. The summed E-state index contributed by atoms with van der Waals surface area (Å²) in [6.45, 7) is 4.01. The van der Waals surface area contributed by atoms with Gasteiger partial charge in [0, 0.05) is 17.3 Å². The molecule has 1 aromatic carbocycles. The molecule has 22 heavy (non-hydrogen) atoms. The maximum Gasteiger partial charge on any atom is 0.427 e. The first-order valence-electron chi connectivity index (χ1n) is 6.87. The number of hydrogen-bond acceptors (Lipinski definition) is 6. The molecule has 1 amide bonds. The summed E-state index contributed by atoms with van der Waals surface area (Å²) in [4.78, 5) is 26.3. The second kappa shape index (κ2) is 10.1. The minimum Gasteiger partial charge on any atom is -0.465 e. The molecule has 0 atom stereocenters. The number of carbonyl (C=O) groups is 2. The van der Waals surface area contributed by atoms with E-state index in [1.165, 1.54) is 6.21 Å². The van der Waals surface area contributed by atoms with Crippen LogP contribution in [0.2, 0.25) is 0 Å². The van der Waals surface area contributed by atoms with Crippen LogP contribution in [0.4, 0.5) is 4.79 Å². The lowest BCUT2D eigenvalue weighted by atomic mass is 10.1. The maximum atomic E-state index is 11.2. The Bertz CT molecular complexity index is 506. The first-order chi connectivity index (χ1) is 10.7. The van der Waals surface area contributed by atoms with Gasteiger partial charge in [0.1, 0.15) is 6.54 Å². The van der Waals surface area contributed by atoms with E-state index in [0.717, 1.165) is 11.1 Å². The van der Waals surface area contributed by atoms with Crippen molar-refractivity contribution in [2.75, 3.05) is 19.8 Å². The molecular formula is C15H19N3O4. The largest absolute Gasteiger partial charge is 0.465 e. The molecule has 0 heterocycles. The van der Waals surface area contributed by atoms with Crippen molar-refractivity contribution in [3.8, 4) is 0 Å². The fourth-order valence-electron chi connectivity index (χ4n) is 1.49. The average Bonchev–Trinajstić information content (AvgIpc) is 2.49. The summed E-state index contributed by atoms with van der Waals surface area (Å²) < 4.78 is 9.47. The number of nitrogens with zero attached hydrogens (tertiary/aromatic N) is 2.